The second-order valence-corrected chi connectivity index (χ2v) is 2.96. The second-order valence-electron chi connectivity index (χ2n) is 2.96. The van der Waals surface area contributed by atoms with E-state index in [1.54, 1.807) is 0 Å². The molecule has 2 rings (SSSR count). The highest BCUT2D eigenvalue weighted by Gasteiger charge is 2.42. The third kappa shape index (κ3) is 1.15. The Balaban J connectivity index is 2.14. The van der Waals surface area contributed by atoms with Crippen molar-refractivity contribution in [1.29, 1.82) is 0 Å². The van der Waals surface area contributed by atoms with Crippen molar-refractivity contribution in [1.82, 2.24) is 0 Å². The number of nitrogens with zero attached hydrogens (tertiary/aromatic N) is 3. The molecule has 4 atom stereocenters. The quantitative estimate of drug-likeness (QED) is 0.346. The highest BCUT2D eigenvalue weighted by atomic mass is 16.7. The van der Waals surface area contributed by atoms with Crippen molar-refractivity contribution < 1.29 is 14.6 Å². The van der Waals surface area contributed by atoms with E-state index in [0.29, 0.717) is 13.0 Å². The monoisotopic (exact) mass is 171 g/mol. The number of fused-ring (bicyclic) bond motifs is 2. The van der Waals surface area contributed by atoms with Crippen LogP contribution in [0.3, 0.4) is 0 Å². The van der Waals surface area contributed by atoms with E-state index in [9.17, 15) is 5.11 Å². The van der Waals surface area contributed by atoms with E-state index in [1.807, 2.05) is 0 Å². The molecule has 1 N–H and O–H groups in total. The summed E-state index contributed by atoms with van der Waals surface area (Å²) in [5.74, 6) is 0. The van der Waals surface area contributed by atoms with Crippen LogP contribution in [0.15, 0.2) is 5.11 Å². The number of azide groups is 1. The number of hydrogen-bond donors (Lipinski definition) is 1. The summed E-state index contributed by atoms with van der Waals surface area (Å²) in [7, 11) is 0. The molecule has 0 radical (unpaired) electrons. The summed E-state index contributed by atoms with van der Waals surface area (Å²) in [6.45, 7) is 0.485. The van der Waals surface area contributed by atoms with Crippen LogP contribution in [-0.4, -0.2) is 36.3 Å². The molecule has 2 bridgehead atoms. The molecular formula is C6H9N3O3. The van der Waals surface area contributed by atoms with Crippen LogP contribution in [0.5, 0.6) is 0 Å². The Labute approximate surface area is 68.7 Å². The summed E-state index contributed by atoms with van der Waals surface area (Å²) in [6.07, 6.45) is -0.725. The molecule has 12 heavy (non-hydrogen) atoms. The van der Waals surface area contributed by atoms with Gasteiger partial charge in [-0.2, -0.15) is 0 Å². The summed E-state index contributed by atoms with van der Waals surface area (Å²) in [5.41, 5.74) is 8.20. The van der Waals surface area contributed by atoms with Gasteiger partial charge in [0.1, 0.15) is 6.04 Å². The second kappa shape index (κ2) is 2.91. The van der Waals surface area contributed by atoms with Crippen LogP contribution in [0.2, 0.25) is 0 Å². The molecular weight excluding hydrogens is 162 g/mol. The first kappa shape index (κ1) is 7.82. The zero-order valence-corrected chi connectivity index (χ0v) is 6.33. The molecule has 0 saturated carbocycles. The van der Waals surface area contributed by atoms with E-state index in [2.05, 4.69) is 10.0 Å². The van der Waals surface area contributed by atoms with Crippen molar-refractivity contribution in [3.05, 3.63) is 10.4 Å². The molecule has 0 aromatic rings. The fourth-order valence-corrected chi connectivity index (χ4v) is 1.55. The van der Waals surface area contributed by atoms with E-state index in [1.165, 1.54) is 0 Å². The molecule has 2 saturated heterocycles. The predicted octanol–water partition coefficient (Wildman–Crippen LogP) is 0.171. The lowest BCUT2D eigenvalue weighted by atomic mass is 10.0. The molecule has 6 heteroatoms. The fraction of sp³-hybridized carbons (Fsp3) is 1.00. The van der Waals surface area contributed by atoms with Crippen LogP contribution in [0.25, 0.3) is 10.4 Å². The third-order valence-electron chi connectivity index (χ3n) is 2.14. The van der Waals surface area contributed by atoms with Gasteiger partial charge in [0.25, 0.3) is 0 Å². The number of hydrogen-bond acceptors (Lipinski definition) is 4. The molecule has 66 valence electrons. The van der Waals surface area contributed by atoms with Gasteiger partial charge in [-0.15, -0.1) is 0 Å². The molecule has 0 spiro atoms. The van der Waals surface area contributed by atoms with Gasteiger partial charge in [-0.05, 0) is 5.53 Å². The van der Waals surface area contributed by atoms with E-state index in [-0.39, 0.29) is 6.10 Å². The van der Waals surface area contributed by atoms with Gasteiger partial charge in [-0.25, -0.2) is 0 Å². The Morgan fingerprint density at radius 3 is 3.17 bits per heavy atom. The lowest BCUT2D eigenvalue weighted by molar-refractivity contribution is -0.130. The summed E-state index contributed by atoms with van der Waals surface area (Å²) >= 11 is 0. The summed E-state index contributed by atoms with van der Waals surface area (Å²) < 4.78 is 10.5. The van der Waals surface area contributed by atoms with Gasteiger partial charge < -0.3 is 14.6 Å². The first-order chi connectivity index (χ1) is 5.81. The third-order valence-corrected chi connectivity index (χ3v) is 2.14. The maximum atomic E-state index is 9.46. The van der Waals surface area contributed by atoms with Gasteiger partial charge in [-0.1, -0.05) is 5.11 Å². The summed E-state index contributed by atoms with van der Waals surface area (Å²) in [4.78, 5) is 2.63. The molecule has 6 nitrogen and oxygen atoms in total. The van der Waals surface area contributed by atoms with Crippen molar-refractivity contribution >= 4 is 0 Å². The van der Waals surface area contributed by atoms with Gasteiger partial charge in [0.15, 0.2) is 6.29 Å². The zero-order valence-electron chi connectivity index (χ0n) is 6.33. The minimum absolute atomic E-state index is 0.0323. The van der Waals surface area contributed by atoms with Crippen LogP contribution >= 0.6 is 0 Å². The Hall–Kier alpha value is -0.810. The minimum Gasteiger partial charge on any atom is -0.392 e. The van der Waals surface area contributed by atoms with Crippen molar-refractivity contribution in [2.45, 2.75) is 31.0 Å². The van der Waals surface area contributed by atoms with E-state index in [4.69, 9.17) is 15.0 Å². The maximum Gasteiger partial charge on any atom is 0.169 e. The van der Waals surface area contributed by atoms with Gasteiger partial charge in [-0.3, -0.25) is 0 Å². The van der Waals surface area contributed by atoms with E-state index in [0.717, 1.165) is 0 Å². The highest BCUT2D eigenvalue weighted by molar-refractivity contribution is 4.90. The Bertz CT molecular complexity index is 228. The average Bonchev–Trinajstić information content (AvgIpc) is 2.43. The van der Waals surface area contributed by atoms with Crippen LogP contribution < -0.4 is 0 Å². The van der Waals surface area contributed by atoms with Gasteiger partial charge in [0.05, 0.1) is 18.8 Å². The number of rotatable bonds is 1. The Morgan fingerprint density at radius 2 is 2.42 bits per heavy atom. The smallest absolute Gasteiger partial charge is 0.169 e. The van der Waals surface area contributed by atoms with Crippen molar-refractivity contribution in [3.63, 3.8) is 0 Å². The van der Waals surface area contributed by atoms with Crippen molar-refractivity contribution in [2.75, 3.05) is 6.61 Å². The fourth-order valence-electron chi connectivity index (χ4n) is 1.55. The van der Waals surface area contributed by atoms with Gasteiger partial charge >= 0.3 is 0 Å². The minimum atomic E-state index is -0.632. The molecule has 2 fully saturated rings. The Morgan fingerprint density at radius 1 is 1.58 bits per heavy atom. The molecule has 0 aromatic heterocycles. The molecule has 0 aliphatic carbocycles. The van der Waals surface area contributed by atoms with Crippen LogP contribution in [-0.2, 0) is 9.47 Å². The largest absolute Gasteiger partial charge is 0.392 e. The summed E-state index contributed by atoms with van der Waals surface area (Å²) in [6, 6.07) is -0.589. The number of ether oxygens (including phenoxy) is 2. The first-order valence-corrected chi connectivity index (χ1v) is 3.80. The van der Waals surface area contributed by atoms with Crippen LogP contribution in [0, 0.1) is 0 Å². The summed E-state index contributed by atoms with van der Waals surface area (Å²) in [5, 5.41) is 12.9. The zero-order chi connectivity index (χ0) is 8.55. The predicted molar refractivity (Wildman–Crippen MR) is 38.2 cm³/mol. The normalized spacial score (nSPS) is 45.4. The number of aliphatic hydroxyl groups excluding tert-OH is 1. The lowest BCUT2D eigenvalue weighted by Crippen LogP contribution is -2.42. The van der Waals surface area contributed by atoms with E-state index >= 15 is 0 Å². The molecule has 0 aromatic carbocycles. The number of aliphatic hydroxyl groups is 1. The van der Waals surface area contributed by atoms with Gasteiger partial charge in [0.2, 0.25) is 0 Å². The molecule has 2 aliphatic heterocycles. The van der Waals surface area contributed by atoms with Crippen molar-refractivity contribution in [3.8, 4) is 0 Å². The molecule has 0 amide bonds. The standard InChI is InChI=1S/C6H9N3O3/c7-9-8-5-4(10)1-3-2-11-6(5)12-3/h3-6,10H,1-2H2/t3?,4-,5?,6-/m1/s1. The van der Waals surface area contributed by atoms with Crippen LogP contribution in [0.1, 0.15) is 6.42 Å². The average molecular weight is 171 g/mol. The maximum absolute atomic E-state index is 9.46. The van der Waals surface area contributed by atoms with Crippen LogP contribution in [0.4, 0.5) is 0 Å². The SMILES string of the molecule is [N-]=[N+]=NC1[C@@H]2OCC(C[C@H]1O)O2. The van der Waals surface area contributed by atoms with Crippen molar-refractivity contribution in [2.24, 2.45) is 5.11 Å². The molecule has 2 unspecified atom stereocenters. The first-order valence-electron chi connectivity index (χ1n) is 3.80. The Kier molecular flexibility index (Phi) is 1.90. The topological polar surface area (TPSA) is 87.5 Å². The van der Waals surface area contributed by atoms with Gasteiger partial charge in [0, 0.05) is 11.3 Å². The highest BCUT2D eigenvalue weighted by Crippen LogP contribution is 2.29. The van der Waals surface area contributed by atoms with E-state index < -0.39 is 18.4 Å². The lowest BCUT2D eigenvalue weighted by Gasteiger charge is -2.28. The molecule has 2 heterocycles. The molecule has 2 aliphatic rings.